The minimum Gasteiger partial charge on any atom is -0.368 e. The summed E-state index contributed by atoms with van der Waals surface area (Å²) in [6, 6.07) is 2.30. The molecule has 0 aliphatic rings. The van der Waals surface area contributed by atoms with Gasteiger partial charge in [-0.05, 0) is 19.9 Å². The summed E-state index contributed by atoms with van der Waals surface area (Å²) in [6.45, 7) is 10.5. The fourth-order valence-electron chi connectivity index (χ4n) is 1.10. The van der Waals surface area contributed by atoms with Crippen LogP contribution in [0.4, 0.5) is 5.82 Å². The molecule has 0 saturated heterocycles. The SMILES string of the molecule is CC(C)Nc1ccnc(C(C)(C)C)n1. The highest BCUT2D eigenvalue weighted by Gasteiger charge is 2.17. The summed E-state index contributed by atoms with van der Waals surface area (Å²) in [4.78, 5) is 8.73. The normalized spacial score (nSPS) is 11.9. The molecular formula is C11H19N3. The molecule has 1 aromatic heterocycles. The van der Waals surface area contributed by atoms with Gasteiger partial charge in [-0.3, -0.25) is 0 Å². The minimum absolute atomic E-state index is 0.00860. The van der Waals surface area contributed by atoms with E-state index in [0.717, 1.165) is 11.6 Å². The van der Waals surface area contributed by atoms with Crippen LogP contribution in [0.3, 0.4) is 0 Å². The predicted molar refractivity (Wildman–Crippen MR) is 59.5 cm³/mol. The smallest absolute Gasteiger partial charge is 0.135 e. The van der Waals surface area contributed by atoms with Crippen LogP contribution in [0.1, 0.15) is 40.4 Å². The van der Waals surface area contributed by atoms with Gasteiger partial charge in [-0.15, -0.1) is 0 Å². The Labute approximate surface area is 86.0 Å². The molecule has 1 heterocycles. The van der Waals surface area contributed by atoms with Crippen LogP contribution in [0.2, 0.25) is 0 Å². The van der Waals surface area contributed by atoms with Crippen molar-refractivity contribution in [2.75, 3.05) is 5.32 Å². The van der Waals surface area contributed by atoms with E-state index in [9.17, 15) is 0 Å². The van der Waals surface area contributed by atoms with E-state index in [4.69, 9.17) is 0 Å². The third-order valence-electron chi connectivity index (χ3n) is 1.76. The molecule has 1 aromatic rings. The maximum Gasteiger partial charge on any atom is 0.135 e. The van der Waals surface area contributed by atoms with Crippen LogP contribution in [0.5, 0.6) is 0 Å². The second kappa shape index (κ2) is 3.95. The van der Waals surface area contributed by atoms with Gasteiger partial charge in [-0.1, -0.05) is 20.8 Å². The van der Waals surface area contributed by atoms with Crippen molar-refractivity contribution in [2.24, 2.45) is 0 Å². The first-order valence-corrected chi connectivity index (χ1v) is 4.99. The Balaban J connectivity index is 2.90. The molecule has 3 nitrogen and oxygen atoms in total. The van der Waals surface area contributed by atoms with Gasteiger partial charge >= 0.3 is 0 Å². The molecule has 0 amide bonds. The van der Waals surface area contributed by atoms with Crippen LogP contribution in [0.15, 0.2) is 12.3 Å². The van der Waals surface area contributed by atoms with Crippen molar-refractivity contribution in [2.45, 2.75) is 46.1 Å². The summed E-state index contributed by atoms with van der Waals surface area (Å²) in [6.07, 6.45) is 1.80. The quantitative estimate of drug-likeness (QED) is 0.784. The molecule has 0 aliphatic carbocycles. The topological polar surface area (TPSA) is 37.8 Å². The first-order chi connectivity index (χ1) is 6.39. The molecule has 14 heavy (non-hydrogen) atoms. The molecule has 0 unspecified atom stereocenters. The first-order valence-electron chi connectivity index (χ1n) is 4.99. The van der Waals surface area contributed by atoms with E-state index in [1.807, 2.05) is 6.07 Å². The minimum atomic E-state index is 0.00860. The fourth-order valence-corrected chi connectivity index (χ4v) is 1.10. The van der Waals surface area contributed by atoms with Crippen LogP contribution in [-0.2, 0) is 5.41 Å². The van der Waals surface area contributed by atoms with Crippen LogP contribution in [-0.4, -0.2) is 16.0 Å². The Hall–Kier alpha value is -1.12. The van der Waals surface area contributed by atoms with Crippen molar-refractivity contribution in [1.29, 1.82) is 0 Å². The zero-order valence-corrected chi connectivity index (χ0v) is 9.63. The van der Waals surface area contributed by atoms with E-state index in [2.05, 4.69) is 49.9 Å². The Kier molecular flexibility index (Phi) is 3.09. The Morgan fingerprint density at radius 1 is 1.29 bits per heavy atom. The standard InChI is InChI=1S/C11H19N3/c1-8(2)13-9-6-7-12-10(14-9)11(3,4)5/h6-8H,1-5H3,(H,12,13,14). The van der Waals surface area contributed by atoms with E-state index in [1.165, 1.54) is 0 Å². The van der Waals surface area contributed by atoms with Gasteiger partial charge in [0.15, 0.2) is 0 Å². The molecule has 0 fully saturated rings. The zero-order valence-electron chi connectivity index (χ0n) is 9.63. The van der Waals surface area contributed by atoms with Gasteiger partial charge in [0.05, 0.1) is 0 Å². The summed E-state index contributed by atoms with van der Waals surface area (Å²) >= 11 is 0. The molecule has 0 bridgehead atoms. The fraction of sp³-hybridized carbons (Fsp3) is 0.636. The van der Waals surface area contributed by atoms with E-state index in [0.29, 0.717) is 6.04 Å². The Morgan fingerprint density at radius 3 is 2.43 bits per heavy atom. The highest BCUT2D eigenvalue weighted by molar-refractivity contribution is 5.34. The summed E-state index contributed by atoms with van der Waals surface area (Å²) < 4.78 is 0. The van der Waals surface area contributed by atoms with Crippen molar-refractivity contribution < 1.29 is 0 Å². The summed E-state index contributed by atoms with van der Waals surface area (Å²) in [5.41, 5.74) is 0.00860. The maximum atomic E-state index is 4.46. The van der Waals surface area contributed by atoms with Crippen LogP contribution >= 0.6 is 0 Å². The van der Waals surface area contributed by atoms with Crippen molar-refractivity contribution in [3.05, 3.63) is 18.1 Å². The lowest BCUT2D eigenvalue weighted by Gasteiger charge is -2.17. The van der Waals surface area contributed by atoms with Gasteiger partial charge in [0.2, 0.25) is 0 Å². The third-order valence-corrected chi connectivity index (χ3v) is 1.76. The third kappa shape index (κ3) is 2.98. The van der Waals surface area contributed by atoms with Crippen molar-refractivity contribution in [1.82, 2.24) is 9.97 Å². The number of nitrogens with zero attached hydrogens (tertiary/aromatic N) is 2. The summed E-state index contributed by atoms with van der Waals surface area (Å²) in [5, 5.41) is 3.27. The van der Waals surface area contributed by atoms with Gasteiger partial charge in [-0.2, -0.15) is 0 Å². The number of hydrogen-bond acceptors (Lipinski definition) is 3. The average molecular weight is 193 g/mol. The van der Waals surface area contributed by atoms with Gasteiger partial charge < -0.3 is 5.32 Å². The van der Waals surface area contributed by atoms with Crippen LogP contribution in [0, 0.1) is 0 Å². The molecule has 0 spiro atoms. The Bertz CT molecular complexity index is 300. The maximum absolute atomic E-state index is 4.46. The zero-order chi connectivity index (χ0) is 10.8. The summed E-state index contributed by atoms with van der Waals surface area (Å²) in [5.74, 6) is 1.78. The Morgan fingerprint density at radius 2 is 1.93 bits per heavy atom. The van der Waals surface area contributed by atoms with Crippen molar-refractivity contribution in [3.8, 4) is 0 Å². The molecule has 0 atom stereocenters. The number of aromatic nitrogens is 2. The van der Waals surface area contributed by atoms with Crippen LogP contribution < -0.4 is 5.32 Å². The molecule has 1 rings (SSSR count). The molecule has 3 heteroatoms. The van der Waals surface area contributed by atoms with E-state index < -0.39 is 0 Å². The number of nitrogens with one attached hydrogen (secondary N) is 1. The van der Waals surface area contributed by atoms with Crippen molar-refractivity contribution in [3.63, 3.8) is 0 Å². The molecule has 0 radical (unpaired) electrons. The lowest BCUT2D eigenvalue weighted by Crippen LogP contribution is -2.18. The second-order valence-corrected chi connectivity index (χ2v) is 4.81. The molecule has 1 N–H and O–H groups in total. The number of anilines is 1. The molecule has 0 saturated carbocycles. The highest BCUT2D eigenvalue weighted by atomic mass is 15.0. The van der Waals surface area contributed by atoms with Crippen molar-refractivity contribution >= 4 is 5.82 Å². The largest absolute Gasteiger partial charge is 0.368 e. The first kappa shape index (κ1) is 11.0. The lowest BCUT2D eigenvalue weighted by molar-refractivity contribution is 0.545. The molecule has 0 aromatic carbocycles. The number of rotatable bonds is 2. The van der Waals surface area contributed by atoms with E-state index >= 15 is 0 Å². The second-order valence-electron chi connectivity index (χ2n) is 4.81. The monoisotopic (exact) mass is 193 g/mol. The molecule has 0 aliphatic heterocycles. The highest BCUT2D eigenvalue weighted by Crippen LogP contribution is 2.18. The lowest BCUT2D eigenvalue weighted by atomic mass is 9.96. The van der Waals surface area contributed by atoms with Gasteiger partial charge in [0.1, 0.15) is 11.6 Å². The predicted octanol–water partition coefficient (Wildman–Crippen LogP) is 2.59. The number of hydrogen-bond donors (Lipinski definition) is 1. The van der Waals surface area contributed by atoms with Gasteiger partial charge in [-0.25, -0.2) is 9.97 Å². The van der Waals surface area contributed by atoms with E-state index in [-0.39, 0.29) is 5.41 Å². The molecular weight excluding hydrogens is 174 g/mol. The van der Waals surface area contributed by atoms with Gasteiger partial charge in [0, 0.05) is 17.7 Å². The van der Waals surface area contributed by atoms with E-state index in [1.54, 1.807) is 6.20 Å². The van der Waals surface area contributed by atoms with Gasteiger partial charge in [0.25, 0.3) is 0 Å². The average Bonchev–Trinajstić information content (AvgIpc) is 2.01. The molecule has 78 valence electrons. The summed E-state index contributed by atoms with van der Waals surface area (Å²) in [7, 11) is 0. The van der Waals surface area contributed by atoms with Crippen LogP contribution in [0.25, 0.3) is 0 Å².